The average molecular weight is 513 g/mol. The molecule has 0 bridgehead atoms. The van der Waals surface area contributed by atoms with Crippen LogP contribution in [0, 0.1) is 0 Å². The standard InChI is InChI=1S/C30H32N4O4/c1-18(2)33-16-22-27(20-9-11-21(12-10-20)38-15-14-32-13-5-8-26(32)36)29-24(17-34(19(3)35)30(29)37)31-23-6-4-7-25(33)28(22)23/h4,6-7,9-12,16,18,27,31H,5,8,13-15,17H2,1-3H3/t27-/m0/s1. The van der Waals surface area contributed by atoms with Crippen molar-refractivity contribution in [3.63, 3.8) is 0 Å². The van der Waals surface area contributed by atoms with Crippen molar-refractivity contribution >= 4 is 34.3 Å². The number of amides is 3. The van der Waals surface area contributed by atoms with Crippen molar-refractivity contribution in [2.45, 2.75) is 45.6 Å². The van der Waals surface area contributed by atoms with Crippen molar-refractivity contribution < 1.29 is 19.1 Å². The van der Waals surface area contributed by atoms with Gasteiger partial charge < -0.3 is 19.5 Å². The molecule has 196 valence electrons. The van der Waals surface area contributed by atoms with Gasteiger partial charge in [0.2, 0.25) is 11.8 Å². The Kier molecular flexibility index (Phi) is 5.97. The molecule has 3 aromatic rings. The van der Waals surface area contributed by atoms with E-state index >= 15 is 0 Å². The van der Waals surface area contributed by atoms with Crippen LogP contribution in [0.1, 0.15) is 56.7 Å². The lowest BCUT2D eigenvalue weighted by molar-refractivity contribution is -0.139. The molecule has 8 nitrogen and oxygen atoms in total. The van der Waals surface area contributed by atoms with E-state index in [9.17, 15) is 14.4 Å². The largest absolute Gasteiger partial charge is 0.492 e. The number of benzene rings is 2. The third-order valence-corrected chi connectivity index (χ3v) is 7.84. The first-order valence-electron chi connectivity index (χ1n) is 13.3. The van der Waals surface area contributed by atoms with E-state index in [1.165, 1.54) is 11.8 Å². The number of imide groups is 1. The lowest BCUT2D eigenvalue weighted by Gasteiger charge is -2.20. The van der Waals surface area contributed by atoms with E-state index in [-0.39, 0.29) is 36.2 Å². The van der Waals surface area contributed by atoms with Crippen LogP contribution in [0.3, 0.4) is 0 Å². The van der Waals surface area contributed by atoms with Crippen LogP contribution < -0.4 is 10.1 Å². The number of nitrogens with one attached hydrogen (secondary N) is 1. The van der Waals surface area contributed by atoms with E-state index in [1.54, 1.807) is 0 Å². The highest BCUT2D eigenvalue weighted by molar-refractivity contribution is 6.11. The van der Waals surface area contributed by atoms with E-state index in [2.05, 4.69) is 36.0 Å². The topological polar surface area (TPSA) is 83.9 Å². The van der Waals surface area contributed by atoms with Crippen LogP contribution in [0.4, 0.5) is 5.69 Å². The van der Waals surface area contributed by atoms with Gasteiger partial charge in [0, 0.05) is 54.8 Å². The summed E-state index contributed by atoms with van der Waals surface area (Å²) in [4.78, 5) is 41.0. The van der Waals surface area contributed by atoms with E-state index in [1.807, 2.05) is 41.3 Å². The molecule has 38 heavy (non-hydrogen) atoms. The van der Waals surface area contributed by atoms with Crippen molar-refractivity contribution in [2.75, 3.05) is 31.6 Å². The molecule has 0 unspecified atom stereocenters. The van der Waals surface area contributed by atoms with Gasteiger partial charge in [-0.2, -0.15) is 0 Å². The summed E-state index contributed by atoms with van der Waals surface area (Å²) < 4.78 is 8.19. The number of carbonyl (C=O) groups is 3. The van der Waals surface area contributed by atoms with Crippen LogP contribution in [0.2, 0.25) is 0 Å². The Hall–Kier alpha value is -4.07. The molecule has 1 saturated heterocycles. The number of hydrogen-bond acceptors (Lipinski definition) is 5. The molecule has 8 heteroatoms. The lowest BCUT2D eigenvalue weighted by Crippen LogP contribution is -2.33. The van der Waals surface area contributed by atoms with Gasteiger partial charge in [-0.25, -0.2) is 0 Å². The Morgan fingerprint density at radius 2 is 1.92 bits per heavy atom. The molecule has 1 fully saturated rings. The van der Waals surface area contributed by atoms with Crippen molar-refractivity contribution in [3.05, 3.63) is 71.1 Å². The van der Waals surface area contributed by atoms with Crippen LogP contribution in [0.15, 0.2) is 59.9 Å². The monoisotopic (exact) mass is 512 g/mol. The third-order valence-electron chi connectivity index (χ3n) is 7.84. The molecule has 4 heterocycles. The normalized spacial score (nSPS) is 18.9. The van der Waals surface area contributed by atoms with Gasteiger partial charge in [0.25, 0.3) is 5.91 Å². The molecule has 0 spiro atoms. The predicted octanol–water partition coefficient (Wildman–Crippen LogP) is 4.42. The fraction of sp³-hybridized carbons (Fsp3) is 0.367. The molecule has 3 aliphatic rings. The summed E-state index contributed by atoms with van der Waals surface area (Å²) in [6.45, 7) is 7.78. The summed E-state index contributed by atoms with van der Waals surface area (Å²) in [6.07, 6.45) is 3.69. The summed E-state index contributed by atoms with van der Waals surface area (Å²) in [5.41, 5.74) is 5.44. The minimum atomic E-state index is -0.336. The van der Waals surface area contributed by atoms with Gasteiger partial charge in [0.15, 0.2) is 0 Å². The molecule has 3 aliphatic heterocycles. The van der Waals surface area contributed by atoms with Crippen LogP contribution in [-0.2, 0) is 14.4 Å². The summed E-state index contributed by atoms with van der Waals surface area (Å²) in [7, 11) is 0. The summed E-state index contributed by atoms with van der Waals surface area (Å²) in [5.74, 6) is 0.0585. The van der Waals surface area contributed by atoms with Crippen molar-refractivity contribution in [3.8, 4) is 5.75 Å². The second-order valence-corrected chi connectivity index (χ2v) is 10.5. The molecule has 0 aliphatic carbocycles. The summed E-state index contributed by atoms with van der Waals surface area (Å²) in [6, 6.07) is 14.3. The maximum absolute atomic E-state index is 13.6. The fourth-order valence-electron chi connectivity index (χ4n) is 5.98. The second-order valence-electron chi connectivity index (χ2n) is 10.5. The highest BCUT2D eigenvalue weighted by Gasteiger charge is 2.41. The highest BCUT2D eigenvalue weighted by atomic mass is 16.5. The van der Waals surface area contributed by atoms with Gasteiger partial charge >= 0.3 is 0 Å². The number of hydrogen-bond donors (Lipinski definition) is 1. The molecular formula is C30H32N4O4. The molecule has 0 saturated carbocycles. The number of nitrogens with zero attached hydrogens (tertiary/aromatic N) is 3. The van der Waals surface area contributed by atoms with E-state index in [4.69, 9.17) is 4.74 Å². The van der Waals surface area contributed by atoms with Crippen molar-refractivity contribution in [2.24, 2.45) is 0 Å². The zero-order valence-electron chi connectivity index (χ0n) is 22.0. The number of rotatable bonds is 6. The van der Waals surface area contributed by atoms with Crippen LogP contribution >= 0.6 is 0 Å². The molecule has 0 radical (unpaired) electrons. The zero-order valence-corrected chi connectivity index (χ0v) is 22.0. The van der Waals surface area contributed by atoms with Crippen LogP contribution in [0.5, 0.6) is 5.75 Å². The molecule has 1 atom stereocenters. The number of likely N-dealkylation sites (tertiary alicyclic amines) is 1. The fourth-order valence-corrected chi connectivity index (χ4v) is 5.98. The third kappa shape index (κ3) is 3.95. The maximum Gasteiger partial charge on any atom is 0.259 e. The number of anilines is 1. The number of ether oxygens (including phenoxy) is 1. The van der Waals surface area contributed by atoms with Crippen molar-refractivity contribution in [1.29, 1.82) is 0 Å². The van der Waals surface area contributed by atoms with E-state index in [0.717, 1.165) is 52.1 Å². The quantitative estimate of drug-likeness (QED) is 0.529. The second kappa shape index (κ2) is 9.35. The molecule has 2 aromatic carbocycles. The van der Waals surface area contributed by atoms with E-state index < -0.39 is 0 Å². The minimum absolute atomic E-state index is 0.191. The SMILES string of the molecule is CC(=O)N1CC2=C(C1=O)[C@@H](c1ccc(OCCN3CCCC3=O)cc1)c1cn(C(C)C)c3cccc(c13)N2. The highest BCUT2D eigenvalue weighted by Crippen LogP contribution is 2.47. The Bertz CT molecular complexity index is 1480. The first-order valence-corrected chi connectivity index (χ1v) is 13.3. The smallest absolute Gasteiger partial charge is 0.259 e. The summed E-state index contributed by atoms with van der Waals surface area (Å²) >= 11 is 0. The number of aromatic nitrogens is 1. The first kappa shape index (κ1) is 24.3. The minimum Gasteiger partial charge on any atom is -0.492 e. The lowest BCUT2D eigenvalue weighted by atomic mass is 9.84. The zero-order chi connectivity index (χ0) is 26.6. The van der Waals surface area contributed by atoms with Gasteiger partial charge in [-0.05, 0) is 55.7 Å². The average Bonchev–Trinajstić information content (AvgIpc) is 3.55. The Balaban J connectivity index is 1.38. The summed E-state index contributed by atoms with van der Waals surface area (Å²) in [5, 5.41) is 4.61. The maximum atomic E-state index is 13.6. The number of carbonyl (C=O) groups excluding carboxylic acids is 3. The molecule has 6 rings (SSSR count). The Morgan fingerprint density at radius 1 is 1.13 bits per heavy atom. The van der Waals surface area contributed by atoms with E-state index in [0.29, 0.717) is 25.1 Å². The van der Waals surface area contributed by atoms with Gasteiger partial charge in [0.05, 0.1) is 24.2 Å². The van der Waals surface area contributed by atoms with Gasteiger partial charge in [-0.1, -0.05) is 18.2 Å². The Labute approximate surface area is 221 Å². The van der Waals surface area contributed by atoms with Gasteiger partial charge in [-0.3, -0.25) is 19.3 Å². The van der Waals surface area contributed by atoms with Crippen molar-refractivity contribution in [1.82, 2.24) is 14.4 Å². The molecular weight excluding hydrogens is 480 g/mol. The molecule has 3 amide bonds. The van der Waals surface area contributed by atoms with Gasteiger partial charge in [0.1, 0.15) is 12.4 Å². The van der Waals surface area contributed by atoms with Crippen LogP contribution in [0.25, 0.3) is 10.9 Å². The predicted molar refractivity (Wildman–Crippen MR) is 145 cm³/mol. The van der Waals surface area contributed by atoms with Gasteiger partial charge in [-0.15, -0.1) is 0 Å². The van der Waals surface area contributed by atoms with Crippen LogP contribution in [-0.4, -0.2) is 58.3 Å². The Morgan fingerprint density at radius 3 is 2.61 bits per heavy atom. The first-order chi connectivity index (χ1) is 18.3. The molecule has 1 N–H and O–H groups in total. The molecule has 1 aromatic heterocycles.